The molecule has 0 saturated heterocycles. The fraction of sp³-hybridized carbons (Fsp3) is 0.111. The third-order valence-corrected chi connectivity index (χ3v) is 5.91. The van der Waals surface area contributed by atoms with E-state index in [2.05, 4.69) is 32.2 Å². The van der Waals surface area contributed by atoms with E-state index in [4.69, 9.17) is 5.26 Å². The van der Waals surface area contributed by atoms with E-state index in [0.717, 1.165) is 27.7 Å². The molecule has 0 atom stereocenters. The lowest BCUT2D eigenvalue weighted by atomic mass is 10.1. The summed E-state index contributed by atoms with van der Waals surface area (Å²) in [4.78, 5) is 14.6. The van der Waals surface area contributed by atoms with Crippen LogP contribution < -0.4 is 0 Å². The van der Waals surface area contributed by atoms with Gasteiger partial charge in [0.1, 0.15) is 18.0 Å². The van der Waals surface area contributed by atoms with Crippen molar-refractivity contribution in [1.29, 1.82) is 5.26 Å². The Kier molecular flexibility index (Phi) is 7.98. The number of carbonyl (C=O) groups excluding carboxylic acids is 1. The molecule has 0 spiro atoms. The van der Waals surface area contributed by atoms with E-state index in [9.17, 15) is 13.6 Å². The number of nitrogens with zero attached hydrogens (tertiary/aromatic N) is 5. The van der Waals surface area contributed by atoms with Crippen molar-refractivity contribution in [1.82, 2.24) is 19.7 Å². The Balaban J connectivity index is 1.58. The second kappa shape index (κ2) is 11.5. The van der Waals surface area contributed by atoms with E-state index in [-0.39, 0.29) is 24.6 Å². The van der Waals surface area contributed by atoms with Gasteiger partial charge in [0.05, 0.1) is 24.7 Å². The van der Waals surface area contributed by atoms with Gasteiger partial charge < -0.3 is 9.47 Å². The minimum absolute atomic E-state index is 0.0504. The minimum Gasteiger partial charge on any atom is -0.327 e. The standard InChI is InChI=1S/C27H20BrF2N5O/c28-23-3-1-2-19(12-23)8-11-27(36)34(16-22-9-10-24(29)13-25(22)30)17-26-33-32-18-35(26)15-21-6-4-20(14-31)5-7-21/h1-13,18H,15-17H2. The van der Waals surface area contributed by atoms with Crippen LogP contribution >= 0.6 is 15.9 Å². The molecule has 0 radical (unpaired) electrons. The van der Waals surface area contributed by atoms with E-state index >= 15 is 0 Å². The zero-order valence-corrected chi connectivity index (χ0v) is 20.6. The highest BCUT2D eigenvalue weighted by Crippen LogP contribution is 2.17. The molecule has 1 heterocycles. The van der Waals surface area contributed by atoms with Crippen LogP contribution in [0.15, 0.2) is 83.6 Å². The maximum atomic E-state index is 14.4. The van der Waals surface area contributed by atoms with Crippen molar-refractivity contribution < 1.29 is 13.6 Å². The van der Waals surface area contributed by atoms with Gasteiger partial charge in [-0.2, -0.15) is 5.26 Å². The molecule has 0 N–H and O–H groups in total. The van der Waals surface area contributed by atoms with Crippen LogP contribution in [0.25, 0.3) is 6.08 Å². The lowest BCUT2D eigenvalue weighted by Crippen LogP contribution is -2.30. The molecule has 36 heavy (non-hydrogen) atoms. The molecule has 9 heteroatoms. The van der Waals surface area contributed by atoms with Crippen LogP contribution in [0.3, 0.4) is 0 Å². The third kappa shape index (κ3) is 6.49. The van der Waals surface area contributed by atoms with Crippen molar-refractivity contribution in [3.8, 4) is 6.07 Å². The quantitative estimate of drug-likeness (QED) is 0.274. The number of nitriles is 1. The van der Waals surface area contributed by atoms with Crippen LogP contribution in [0, 0.1) is 23.0 Å². The van der Waals surface area contributed by atoms with E-state index in [1.54, 1.807) is 29.1 Å². The smallest absolute Gasteiger partial charge is 0.247 e. The molecule has 180 valence electrons. The number of halogens is 3. The van der Waals surface area contributed by atoms with Gasteiger partial charge in [0.15, 0.2) is 5.82 Å². The Morgan fingerprint density at radius 2 is 1.89 bits per heavy atom. The van der Waals surface area contributed by atoms with Gasteiger partial charge >= 0.3 is 0 Å². The highest BCUT2D eigenvalue weighted by atomic mass is 79.9. The van der Waals surface area contributed by atoms with Crippen LogP contribution in [0.1, 0.15) is 28.1 Å². The summed E-state index contributed by atoms with van der Waals surface area (Å²) in [5, 5.41) is 17.1. The number of carbonyl (C=O) groups is 1. The van der Waals surface area contributed by atoms with E-state index in [1.165, 1.54) is 17.0 Å². The van der Waals surface area contributed by atoms with Crippen LogP contribution in [-0.2, 0) is 24.4 Å². The Morgan fingerprint density at radius 1 is 1.08 bits per heavy atom. The number of benzene rings is 3. The van der Waals surface area contributed by atoms with Gasteiger partial charge in [-0.25, -0.2) is 8.78 Å². The summed E-state index contributed by atoms with van der Waals surface area (Å²) >= 11 is 3.40. The number of rotatable bonds is 8. The molecular formula is C27H20BrF2N5O. The number of amides is 1. The monoisotopic (exact) mass is 547 g/mol. The minimum atomic E-state index is -0.734. The average molecular weight is 548 g/mol. The summed E-state index contributed by atoms with van der Waals surface area (Å²) in [6.07, 6.45) is 4.62. The molecule has 4 aromatic rings. The zero-order valence-electron chi connectivity index (χ0n) is 19.0. The predicted molar refractivity (Wildman–Crippen MR) is 134 cm³/mol. The molecule has 1 amide bonds. The molecule has 3 aromatic carbocycles. The van der Waals surface area contributed by atoms with Crippen molar-refractivity contribution in [2.45, 2.75) is 19.6 Å². The Hall–Kier alpha value is -4.16. The third-order valence-electron chi connectivity index (χ3n) is 5.42. The number of hydrogen-bond donors (Lipinski definition) is 0. The van der Waals surface area contributed by atoms with Crippen molar-refractivity contribution in [2.24, 2.45) is 0 Å². The average Bonchev–Trinajstić information content (AvgIpc) is 3.30. The molecule has 4 rings (SSSR count). The fourth-order valence-corrected chi connectivity index (χ4v) is 3.95. The molecule has 6 nitrogen and oxygen atoms in total. The molecule has 0 bridgehead atoms. The van der Waals surface area contributed by atoms with Crippen molar-refractivity contribution in [3.05, 3.63) is 123 Å². The summed E-state index contributed by atoms with van der Waals surface area (Å²) in [6.45, 7) is 0.390. The Morgan fingerprint density at radius 3 is 2.61 bits per heavy atom. The van der Waals surface area contributed by atoms with Gasteiger partial charge in [0.2, 0.25) is 5.91 Å². The number of hydrogen-bond acceptors (Lipinski definition) is 4. The zero-order chi connectivity index (χ0) is 25.5. The summed E-state index contributed by atoms with van der Waals surface area (Å²) in [6, 6.07) is 19.9. The van der Waals surface area contributed by atoms with Crippen LogP contribution in [0.5, 0.6) is 0 Å². The van der Waals surface area contributed by atoms with Crippen molar-refractivity contribution in [3.63, 3.8) is 0 Å². The van der Waals surface area contributed by atoms with Crippen LogP contribution in [-0.4, -0.2) is 25.6 Å². The molecule has 0 fully saturated rings. The molecular weight excluding hydrogens is 528 g/mol. The second-order valence-corrected chi connectivity index (χ2v) is 8.92. The maximum absolute atomic E-state index is 14.4. The molecule has 0 aliphatic rings. The van der Waals surface area contributed by atoms with Gasteiger partial charge in [-0.05, 0) is 47.5 Å². The van der Waals surface area contributed by atoms with Crippen molar-refractivity contribution >= 4 is 27.9 Å². The Bertz CT molecular complexity index is 1440. The lowest BCUT2D eigenvalue weighted by Gasteiger charge is -2.22. The van der Waals surface area contributed by atoms with Gasteiger partial charge in [-0.3, -0.25) is 4.79 Å². The lowest BCUT2D eigenvalue weighted by molar-refractivity contribution is -0.127. The molecule has 1 aromatic heterocycles. The highest BCUT2D eigenvalue weighted by molar-refractivity contribution is 9.10. The first-order valence-corrected chi connectivity index (χ1v) is 11.7. The van der Waals surface area contributed by atoms with Crippen LogP contribution in [0.2, 0.25) is 0 Å². The van der Waals surface area contributed by atoms with Crippen molar-refractivity contribution in [2.75, 3.05) is 0 Å². The molecule has 0 saturated carbocycles. The molecule has 0 aliphatic heterocycles. The summed E-state index contributed by atoms with van der Waals surface area (Å²) < 4.78 is 30.5. The normalized spacial score (nSPS) is 10.9. The Labute approximate surface area is 215 Å². The fourth-order valence-electron chi connectivity index (χ4n) is 3.54. The number of aromatic nitrogens is 3. The summed E-state index contributed by atoms with van der Waals surface area (Å²) in [7, 11) is 0. The van der Waals surface area contributed by atoms with E-state index in [0.29, 0.717) is 17.9 Å². The van der Waals surface area contributed by atoms with Gasteiger partial charge in [0.25, 0.3) is 0 Å². The topological polar surface area (TPSA) is 74.8 Å². The maximum Gasteiger partial charge on any atom is 0.247 e. The van der Waals surface area contributed by atoms with Gasteiger partial charge in [-0.15, -0.1) is 10.2 Å². The van der Waals surface area contributed by atoms with E-state index < -0.39 is 11.6 Å². The van der Waals surface area contributed by atoms with Gasteiger partial charge in [-0.1, -0.05) is 46.3 Å². The summed E-state index contributed by atoms with van der Waals surface area (Å²) in [5.41, 5.74) is 2.47. The largest absolute Gasteiger partial charge is 0.327 e. The molecule has 0 aliphatic carbocycles. The first kappa shape index (κ1) is 24.9. The summed E-state index contributed by atoms with van der Waals surface area (Å²) in [5.74, 6) is -1.30. The van der Waals surface area contributed by atoms with Gasteiger partial charge in [0, 0.05) is 28.7 Å². The predicted octanol–water partition coefficient (Wildman–Crippen LogP) is 5.48. The van der Waals surface area contributed by atoms with E-state index in [1.807, 2.05) is 36.4 Å². The highest BCUT2D eigenvalue weighted by Gasteiger charge is 2.18. The SMILES string of the molecule is N#Cc1ccc(Cn2cnnc2CN(Cc2ccc(F)cc2F)C(=O)C=Cc2cccc(Br)c2)cc1. The molecule has 0 unspecified atom stereocenters. The first-order chi connectivity index (χ1) is 17.4. The first-order valence-electron chi connectivity index (χ1n) is 10.9. The van der Waals surface area contributed by atoms with Crippen LogP contribution in [0.4, 0.5) is 8.78 Å². The second-order valence-electron chi connectivity index (χ2n) is 8.00.